The summed E-state index contributed by atoms with van der Waals surface area (Å²) in [5, 5.41) is 0. The minimum absolute atomic E-state index is 0.122. The number of hydrogen-bond acceptors (Lipinski definition) is 2. The topological polar surface area (TPSA) is 26.3 Å². The summed E-state index contributed by atoms with van der Waals surface area (Å²) in [5.74, 6) is 1.23. The highest BCUT2D eigenvalue weighted by atomic mass is 16.5. The standard InChI is InChI=1S/C17H24O2/c1-4-19-14-9-7-8-13(12-14)16(18)15-10-5-6-11-17(15,2)3/h7-9,12,15H,4-6,10-11H2,1-3H3. The molecule has 1 saturated carbocycles. The van der Waals surface area contributed by atoms with Crippen molar-refractivity contribution in [2.45, 2.75) is 46.5 Å². The molecule has 0 saturated heterocycles. The van der Waals surface area contributed by atoms with Crippen LogP contribution in [0.3, 0.4) is 0 Å². The third kappa shape index (κ3) is 3.17. The van der Waals surface area contributed by atoms with Crippen molar-refractivity contribution in [3.8, 4) is 5.75 Å². The van der Waals surface area contributed by atoms with Crippen LogP contribution in [-0.4, -0.2) is 12.4 Å². The van der Waals surface area contributed by atoms with E-state index >= 15 is 0 Å². The highest BCUT2D eigenvalue weighted by Gasteiger charge is 2.37. The largest absolute Gasteiger partial charge is 0.494 e. The van der Waals surface area contributed by atoms with E-state index in [-0.39, 0.29) is 17.1 Å². The Kier molecular flexibility index (Phi) is 4.28. The summed E-state index contributed by atoms with van der Waals surface area (Å²) in [6, 6.07) is 7.62. The molecule has 0 amide bonds. The van der Waals surface area contributed by atoms with E-state index in [1.54, 1.807) is 0 Å². The third-order valence-corrected chi connectivity index (χ3v) is 4.25. The van der Waals surface area contributed by atoms with E-state index in [0.717, 1.165) is 24.2 Å². The average molecular weight is 260 g/mol. The first-order valence-corrected chi connectivity index (χ1v) is 7.31. The van der Waals surface area contributed by atoms with Crippen LogP contribution in [0.15, 0.2) is 24.3 Å². The molecular formula is C17H24O2. The first-order valence-electron chi connectivity index (χ1n) is 7.31. The molecule has 0 bridgehead atoms. The Bertz CT molecular complexity index is 448. The molecule has 0 aromatic heterocycles. The van der Waals surface area contributed by atoms with Gasteiger partial charge in [-0.2, -0.15) is 0 Å². The number of rotatable bonds is 4. The van der Waals surface area contributed by atoms with Crippen LogP contribution in [0.5, 0.6) is 5.75 Å². The maximum absolute atomic E-state index is 12.7. The van der Waals surface area contributed by atoms with E-state index in [2.05, 4.69) is 13.8 Å². The fourth-order valence-electron chi connectivity index (χ4n) is 3.09. The molecule has 0 aliphatic heterocycles. The summed E-state index contributed by atoms with van der Waals surface area (Å²) >= 11 is 0. The molecule has 1 unspecified atom stereocenters. The molecule has 2 nitrogen and oxygen atoms in total. The van der Waals surface area contributed by atoms with Crippen LogP contribution in [0.1, 0.15) is 56.8 Å². The minimum Gasteiger partial charge on any atom is -0.494 e. The number of benzene rings is 1. The molecule has 0 N–H and O–H groups in total. The molecule has 1 atom stereocenters. The van der Waals surface area contributed by atoms with Crippen LogP contribution in [-0.2, 0) is 0 Å². The lowest BCUT2D eigenvalue weighted by Gasteiger charge is -2.37. The van der Waals surface area contributed by atoms with Crippen molar-refractivity contribution in [2.24, 2.45) is 11.3 Å². The van der Waals surface area contributed by atoms with Crippen LogP contribution in [0.25, 0.3) is 0 Å². The zero-order valence-corrected chi connectivity index (χ0v) is 12.2. The van der Waals surface area contributed by atoms with Gasteiger partial charge in [-0.25, -0.2) is 0 Å². The second kappa shape index (κ2) is 5.77. The van der Waals surface area contributed by atoms with Gasteiger partial charge in [0.25, 0.3) is 0 Å². The molecule has 1 aliphatic rings. The monoisotopic (exact) mass is 260 g/mol. The lowest BCUT2D eigenvalue weighted by Crippen LogP contribution is -2.34. The SMILES string of the molecule is CCOc1cccc(C(=O)C2CCCCC2(C)C)c1. The van der Waals surface area contributed by atoms with Crippen LogP contribution in [0, 0.1) is 11.3 Å². The number of Topliss-reactive ketones (excluding diaryl/α,β-unsaturated/α-hetero) is 1. The van der Waals surface area contributed by atoms with Crippen molar-refractivity contribution in [1.82, 2.24) is 0 Å². The molecule has 1 fully saturated rings. The highest BCUT2D eigenvalue weighted by molar-refractivity contribution is 5.98. The Labute approximate surface area is 116 Å². The molecule has 2 heteroatoms. The van der Waals surface area contributed by atoms with E-state index < -0.39 is 0 Å². The second-order valence-corrected chi connectivity index (χ2v) is 6.11. The molecule has 0 radical (unpaired) electrons. The van der Waals surface area contributed by atoms with Gasteiger partial charge in [0.2, 0.25) is 0 Å². The Balaban J connectivity index is 2.20. The average Bonchev–Trinajstić information content (AvgIpc) is 2.38. The van der Waals surface area contributed by atoms with Gasteiger partial charge in [0, 0.05) is 11.5 Å². The van der Waals surface area contributed by atoms with Gasteiger partial charge in [-0.15, -0.1) is 0 Å². The molecule has 0 heterocycles. The quantitative estimate of drug-likeness (QED) is 0.746. The first kappa shape index (κ1) is 14.1. The summed E-state index contributed by atoms with van der Waals surface area (Å²) in [7, 11) is 0. The van der Waals surface area contributed by atoms with Gasteiger partial charge in [-0.3, -0.25) is 4.79 Å². The molecule has 104 valence electrons. The van der Waals surface area contributed by atoms with E-state index in [4.69, 9.17) is 4.74 Å². The second-order valence-electron chi connectivity index (χ2n) is 6.11. The zero-order valence-electron chi connectivity index (χ0n) is 12.2. The summed E-state index contributed by atoms with van der Waals surface area (Å²) in [5.41, 5.74) is 0.919. The van der Waals surface area contributed by atoms with Crippen molar-refractivity contribution < 1.29 is 9.53 Å². The van der Waals surface area contributed by atoms with Crippen LogP contribution in [0.2, 0.25) is 0 Å². The molecule has 19 heavy (non-hydrogen) atoms. The van der Waals surface area contributed by atoms with E-state index in [1.807, 2.05) is 31.2 Å². The summed E-state index contributed by atoms with van der Waals surface area (Å²) < 4.78 is 5.48. The zero-order chi connectivity index (χ0) is 13.9. The van der Waals surface area contributed by atoms with Gasteiger partial charge in [-0.1, -0.05) is 38.8 Å². The van der Waals surface area contributed by atoms with Gasteiger partial charge < -0.3 is 4.74 Å². The Morgan fingerprint density at radius 1 is 1.37 bits per heavy atom. The van der Waals surface area contributed by atoms with Gasteiger partial charge in [0.05, 0.1) is 6.61 Å². The van der Waals surface area contributed by atoms with Crippen molar-refractivity contribution in [3.05, 3.63) is 29.8 Å². The number of ether oxygens (including phenoxy) is 1. The maximum atomic E-state index is 12.7. The summed E-state index contributed by atoms with van der Waals surface area (Å²) in [6.45, 7) is 7.04. The third-order valence-electron chi connectivity index (χ3n) is 4.25. The van der Waals surface area contributed by atoms with Crippen molar-refractivity contribution in [2.75, 3.05) is 6.61 Å². The van der Waals surface area contributed by atoms with Crippen LogP contribution >= 0.6 is 0 Å². The molecule has 1 aliphatic carbocycles. The summed E-state index contributed by atoms with van der Waals surface area (Å²) in [4.78, 5) is 12.7. The Hall–Kier alpha value is -1.31. The molecular weight excluding hydrogens is 236 g/mol. The lowest BCUT2D eigenvalue weighted by molar-refractivity contribution is 0.0697. The maximum Gasteiger partial charge on any atom is 0.166 e. The van der Waals surface area contributed by atoms with Gasteiger partial charge in [0.1, 0.15) is 5.75 Å². The predicted molar refractivity (Wildman–Crippen MR) is 77.7 cm³/mol. The van der Waals surface area contributed by atoms with Crippen molar-refractivity contribution >= 4 is 5.78 Å². The van der Waals surface area contributed by atoms with Crippen molar-refractivity contribution in [1.29, 1.82) is 0 Å². The fraction of sp³-hybridized carbons (Fsp3) is 0.588. The van der Waals surface area contributed by atoms with E-state index in [9.17, 15) is 4.79 Å². The minimum atomic E-state index is 0.122. The Morgan fingerprint density at radius 3 is 2.84 bits per heavy atom. The highest BCUT2D eigenvalue weighted by Crippen LogP contribution is 2.42. The molecule has 2 rings (SSSR count). The fourth-order valence-corrected chi connectivity index (χ4v) is 3.09. The van der Waals surface area contributed by atoms with Gasteiger partial charge in [0.15, 0.2) is 5.78 Å². The summed E-state index contributed by atoms with van der Waals surface area (Å²) in [6.07, 6.45) is 4.58. The van der Waals surface area contributed by atoms with Crippen LogP contribution < -0.4 is 4.74 Å². The smallest absolute Gasteiger partial charge is 0.166 e. The number of ketones is 1. The first-order chi connectivity index (χ1) is 9.04. The molecule has 1 aromatic carbocycles. The van der Waals surface area contributed by atoms with E-state index in [1.165, 1.54) is 12.8 Å². The lowest BCUT2D eigenvalue weighted by atomic mass is 9.66. The van der Waals surface area contributed by atoms with E-state index in [0.29, 0.717) is 6.61 Å². The molecule has 1 aromatic rings. The van der Waals surface area contributed by atoms with Crippen LogP contribution in [0.4, 0.5) is 0 Å². The van der Waals surface area contributed by atoms with Gasteiger partial charge in [-0.05, 0) is 37.3 Å². The van der Waals surface area contributed by atoms with Crippen molar-refractivity contribution in [3.63, 3.8) is 0 Å². The normalized spacial score (nSPS) is 21.9. The van der Waals surface area contributed by atoms with Gasteiger partial charge >= 0.3 is 0 Å². The number of hydrogen-bond donors (Lipinski definition) is 0. The Morgan fingerprint density at radius 2 is 2.16 bits per heavy atom. The number of carbonyl (C=O) groups is 1. The number of carbonyl (C=O) groups excluding carboxylic acids is 1. The molecule has 0 spiro atoms. The predicted octanol–water partition coefficient (Wildman–Crippen LogP) is 4.48.